The van der Waals surface area contributed by atoms with E-state index in [1.165, 1.54) is 53.5 Å². The Labute approximate surface area is 448 Å². The molecule has 1 aromatic carbocycles. The van der Waals surface area contributed by atoms with E-state index in [1.54, 1.807) is 13.8 Å². The van der Waals surface area contributed by atoms with Crippen LogP contribution in [0.3, 0.4) is 0 Å². The lowest BCUT2D eigenvalue weighted by atomic mass is 10.0. The Morgan fingerprint density at radius 1 is 0.692 bits per heavy atom. The van der Waals surface area contributed by atoms with Crippen molar-refractivity contribution in [2.45, 2.75) is 152 Å². The first-order valence-corrected chi connectivity index (χ1v) is 25.5. The molecule has 3 heterocycles. The van der Waals surface area contributed by atoms with Crippen LogP contribution in [0.4, 0.5) is 0 Å². The summed E-state index contributed by atoms with van der Waals surface area (Å²) < 4.78 is 0. The normalized spacial score (nSPS) is 17.7. The number of carbonyl (C=O) groups excluding carboxylic acids is 8. The van der Waals surface area contributed by atoms with Gasteiger partial charge < -0.3 is 84.3 Å². The van der Waals surface area contributed by atoms with E-state index < -0.39 is 138 Å². The number of aromatic hydroxyl groups is 1. The van der Waals surface area contributed by atoms with Crippen LogP contribution in [0.5, 0.6) is 5.75 Å². The van der Waals surface area contributed by atoms with E-state index in [9.17, 15) is 68.1 Å². The molecule has 428 valence electrons. The number of hydrogen-bond donors (Lipinski definition) is 14. The second-order valence-corrected chi connectivity index (χ2v) is 19.5. The fourth-order valence-electron chi connectivity index (χ4n) is 8.89. The molecule has 0 unspecified atom stereocenters. The molecule has 2 aliphatic rings. The molecule has 0 spiro atoms. The van der Waals surface area contributed by atoms with Crippen molar-refractivity contribution in [1.29, 1.82) is 0 Å². The molecular formula is C49H72N14O15. The first kappa shape index (κ1) is 62.2. The highest BCUT2D eigenvalue weighted by Gasteiger charge is 2.44. The van der Waals surface area contributed by atoms with Crippen molar-refractivity contribution in [2.24, 2.45) is 28.1 Å². The van der Waals surface area contributed by atoms with E-state index in [0.717, 1.165) is 0 Å². The topological polar surface area (TPSA) is 466 Å². The molecule has 0 aliphatic carbocycles. The lowest BCUT2D eigenvalue weighted by Gasteiger charge is -2.33. The zero-order valence-corrected chi connectivity index (χ0v) is 43.6. The van der Waals surface area contributed by atoms with Crippen LogP contribution in [0.2, 0.25) is 0 Å². The Balaban J connectivity index is 1.52. The number of likely N-dealkylation sites (tertiary alicyclic amines) is 2. The van der Waals surface area contributed by atoms with Crippen LogP contribution in [0.1, 0.15) is 96.2 Å². The summed E-state index contributed by atoms with van der Waals surface area (Å²) in [5.74, 6) is -11.1. The molecule has 2 aromatic rings. The van der Waals surface area contributed by atoms with Crippen LogP contribution in [0.25, 0.3) is 0 Å². The smallest absolute Gasteiger partial charge is 0.326 e. The van der Waals surface area contributed by atoms with E-state index >= 15 is 0 Å². The lowest BCUT2D eigenvalue weighted by molar-refractivity contribution is -0.148. The summed E-state index contributed by atoms with van der Waals surface area (Å²) in [6, 6.07) is -6.34. The standard InChI is InChI=1S/C49H72N14O15/c1-25(2)39(61-40(69)30(50)14-16-37(65)66)45(74)56-26(3)46(75)63-20-6-9-36(63)47(76)62-19-5-8-35(62)44(73)57-31(15-17-38(67)68)41(70)59-33(21-27-10-12-29(64)13-11-27)42(71)60-34(22-28-23-53-24-55-28)43(72)58-32(48(77)78)7-4-18-54-49(51)52/h10-13,23-26,30-36,39,64H,4-9,14-22,50H2,1-3H3,(H,53,55)(H,56,74)(H,57,73)(H,58,72)(H,59,70)(H,60,71)(H,61,69)(H,65,66)(H,67,68)(H,77,78)(H4,51,52,54)/t26-,30-,31-,32-,33-,34-,35-,36-,39-/m0/s1. The summed E-state index contributed by atoms with van der Waals surface area (Å²) in [6.07, 6.45) is 1.61. The molecule has 8 amide bonds. The molecule has 0 radical (unpaired) electrons. The van der Waals surface area contributed by atoms with Gasteiger partial charge in [-0.2, -0.15) is 0 Å². The predicted molar refractivity (Wildman–Crippen MR) is 275 cm³/mol. The minimum absolute atomic E-state index is 0.0646. The summed E-state index contributed by atoms with van der Waals surface area (Å²) in [5, 5.41) is 53.7. The number of guanidine groups is 1. The van der Waals surface area contributed by atoms with Gasteiger partial charge in [0.25, 0.3) is 0 Å². The number of benzene rings is 1. The molecule has 29 nitrogen and oxygen atoms in total. The monoisotopic (exact) mass is 1100 g/mol. The molecule has 2 aliphatic heterocycles. The number of carbonyl (C=O) groups is 11. The number of hydrogen-bond acceptors (Lipinski definition) is 15. The zero-order chi connectivity index (χ0) is 57.8. The van der Waals surface area contributed by atoms with Crippen molar-refractivity contribution in [3.05, 3.63) is 48.0 Å². The van der Waals surface area contributed by atoms with Crippen LogP contribution in [0, 0.1) is 5.92 Å². The molecule has 2 fully saturated rings. The maximum absolute atomic E-state index is 14.3. The van der Waals surface area contributed by atoms with Crippen LogP contribution in [-0.2, 0) is 65.6 Å². The van der Waals surface area contributed by atoms with E-state index in [0.29, 0.717) is 24.1 Å². The molecule has 2 saturated heterocycles. The number of aliphatic carboxylic acids is 3. The molecule has 78 heavy (non-hydrogen) atoms. The number of imidazole rings is 1. The van der Waals surface area contributed by atoms with Crippen molar-refractivity contribution in [2.75, 3.05) is 19.6 Å². The average molecular weight is 1100 g/mol. The van der Waals surface area contributed by atoms with Crippen molar-refractivity contribution < 1.29 is 73.2 Å². The molecule has 1 aromatic heterocycles. The number of amides is 8. The summed E-state index contributed by atoms with van der Waals surface area (Å²) >= 11 is 0. The number of phenolic OH excluding ortho intramolecular Hbond substituents is 1. The van der Waals surface area contributed by atoms with Gasteiger partial charge in [-0.25, -0.2) is 9.78 Å². The van der Waals surface area contributed by atoms with E-state index in [-0.39, 0.29) is 82.7 Å². The molecule has 0 bridgehead atoms. The number of nitrogens with one attached hydrogen (secondary N) is 7. The van der Waals surface area contributed by atoms with Crippen molar-refractivity contribution in [3.63, 3.8) is 0 Å². The summed E-state index contributed by atoms with van der Waals surface area (Å²) in [7, 11) is 0. The first-order valence-electron chi connectivity index (χ1n) is 25.5. The number of carboxylic acid groups (broad SMARTS) is 3. The van der Waals surface area contributed by atoms with Crippen LogP contribution < -0.4 is 49.1 Å². The molecule has 0 saturated carbocycles. The fraction of sp³-hybridized carbons (Fsp3) is 0.571. The van der Waals surface area contributed by atoms with E-state index in [1.807, 2.05) is 0 Å². The van der Waals surface area contributed by atoms with Crippen molar-refractivity contribution >= 4 is 71.1 Å². The number of phenols is 1. The number of carboxylic acids is 3. The number of H-pyrrole nitrogens is 1. The van der Waals surface area contributed by atoms with Gasteiger partial charge >= 0.3 is 17.9 Å². The van der Waals surface area contributed by atoms with Crippen LogP contribution in [-0.4, -0.2) is 185 Å². The number of rotatable bonds is 30. The third-order valence-electron chi connectivity index (χ3n) is 13.1. The highest BCUT2D eigenvalue weighted by atomic mass is 16.4. The molecule has 4 rings (SSSR count). The van der Waals surface area contributed by atoms with E-state index in [2.05, 4.69) is 46.9 Å². The Morgan fingerprint density at radius 2 is 1.27 bits per heavy atom. The minimum atomic E-state index is -1.62. The molecule has 29 heteroatoms. The maximum Gasteiger partial charge on any atom is 0.326 e. The second-order valence-electron chi connectivity index (χ2n) is 19.5. The Hall–Kier alpha value is -8.37. The Kier molecular flexibility index (Phi) is 23.8. The fourth-order valence-corrected chi connectivity index (χ4v) is 8.89. The molecular weight excluding hydrogens is 1020 g/mol. The first-order chi connectivity index (χ1) is 36.9. The van der Waals surface area contributed by atoms with Gasteiger partial charge in [0, 0.05) is 57.2 Å². The number of aliphatic imine (C=N–C) groups is 1. The van der Waals surface area contributed by atoms with Crippen LogP contribution in [0.15, 0.2) is 41.8 Å². The number of aromatic amines is 1. The van der Waals surface area contributed by atoms with Gasteiger partial charge in [0.1, 0.15) is 54.1 Å². The SMILES string of the molecule is CC(C)[C@H](NC(=O)[C@@H](N)CCC(=O)O)C(=O)N[C@@H](C)C(=O)N1CCC[C@H]1C(=O)N1CCC[C@H]1C(=O)N[C@@H](CCC(=O)O)C(=O)N[C@@H](Cc1ccc(O)cc1)C(=O)N[C@@H](Cc1cnc[nH]1)C(=O)N[C@@H](CCCN=C(N)N)C(=O)O. The number of nitrogens with zero attached hydrogens (tertiary/aromatic N) is 4. The number of aromatic nitrogens is 2. The molecule has 17 N–H and O–H groups in total. The zero-order valence-electron chi connectivity index (χ0n) is 43.6. The highest BCUT2D eigenvalue weighted by Crippen LogP contribution is 2.26. The van der Waals surface area contributed by atoms with Crippen molar-refractivity contribution in [3.8, 4) is 5.75 Å². The average Bonchev–Trinajstić information content (AvgIpc) is 4.24. The largest absolute Gasteiger partial charge is 0.508 e. The summed E-state index contributed by atoms with van der Waals surface area (Å²) in [6.45, 7) is 4.95. The van der Waals surface area contributed by atoms with Gasteiger partial charge in [-0.15, -0.1) is 0 Å². The van der Waals surface area contributed by atoms with Gasteiger partial charge in [-0.05, 0) is 81.9 Å². The van der Waals surface area contributed by atoms with Gasteiger partial charge in [-0.3, -0.25) is 52.9 Å². The van der Waals surface area contributed by atoms with E-state index in [4.69, 9.17) is 22.3 Å². The summed E-state index contributed by atoms with van der Waals surface area (Å²) in [5.41, 5.74) is 17.3. The third kappa shape index (κ3) is 19.0. The van der Waals surface area contributed by atoms with Gasteiger partial charge in [0.15, 0.2) is 5.96 Å². The van der Waals surface area contributed by atoms with Crippen LogP contribution >= 0.6 is 0 Å². The molecule has 9 atom stereocenters. The summed E-state index contributed by atoms with van der Waals surface area (Å²) in [4.78, 5) is 159. The number of nitrogens with two attached hydrogens (primary N) is 3. The third-order valence-corrected chi connectivity index (χ3v) is 13.1. The minimum Gasteiger partial charge on any atom is -0.508 e. The Morgan fingerprint density at radius 3 is 1.85 bits per heavy atom. The lowest BCUT2D eigenvalue weighted by Crippen LogP contribution is -2.60. The quantitative estimate of drug-likeness (QED) is 0.0207. The maximum atomic E-state index is 14.3. The van der Waals surface area contributed by atoms with Gasteiger partial charge in [0.2, 0.25) is 47.3 Å². The van der Waals surface area contributed by atoms with Gasteiger partial charge in [0.05, 0.1) is 12.4 Å². The van der Waals surface area contributed by atoms with Gasteiger partial charge in [-0.1, -0.05) is 26.0 Å². The predicted octanol–water partition coefficient (Wildman–Crippen LogP) is -3.34. The second kappa shape index (κ2) is 29.8. The highest BCUT2D eigenvalue weighted by molar-refractivity contribution is 5.98. The van der Waals surface area contributed by atoms with Crippen molar-refractivity contribution in [1.82, 2.24) is 51.7 Å². The Bertz CT molecular complexity index is 2490.